The van der Waals surface area contributed by atoms with Gasteiger partial charge in [-0.05, 0) is 33.1 Å². The van der Waals surface area contributed by atoms with Gasteiger partial charge in [0.25, 0.3) is 0 Å². The summed E-state index contributed by atoms with van der Waals surface area (Å²) < 4.78 is 0. The van der Waals surface area contributed by atoms with E-state index in [2.05, 4.69) is 43.1 Å². The number of anilines is 2. The van der Waals surface area contributed by atoms with Crippen LogP contribution in [0.3, 0.4) is 0 Å². The molecule has 3 heterocycles. The smallest absolute Gasteiger partial charge is 0.148 e. The Bertz CT molecular complexity index is 672. The largest absolute Gasteiger partial charge is 0.364 e. The average Bonchev–Trinajstić information content (AvgIpc) is 2.58. The summed E-state index contributed by atoms with van der Waals surface area (Å²) in [5.41, 5.74) is 2.97. The van der Waals surface area contributed by atoms with Crippen LogP contribution in [0.2, 0.25) is 0 Å². The number of hydrogen-bond donors (Lipinski definition) is 1. The number of aromatic nitrogens is 4. The van der Waals surface area contributed by atoms with Gasteiger partial charge in [-0.3, -0.25) is 4.98 Å². The summed E-state index contributed by atoms with van der Waals surface area (Å²) in [7, 11) is 0. The summed E-state index contributed by atoms with van der Waals surface area (Å²) in [5, 5.41) is 3.56. The van der Waals surface area contributed by atoms with Crippen LogP contribution in [-0.4, -0.2) is 39.1 Å². The SMILES string of the molecule is CCc1cc(N2CCCC(Nc3nc(C)cnc3C)C2)ncn1. The number of aryl methyl sites for hydroxylation is 3. The second-order valence-electron chi connectivity index (χ2n) is 6.10. The highest BCUT2D eigenvalue weighted by Gasteiger charge is 2.22. The third-order valence-corrected chi connectivity index (χ3v) is 4.23. The minimum atomic E-state index is 0.360. The molecule has 0 bridgehead atoms. The zero-order chi connectivity index (χ0) is 16.2. The Hall–Kier alpha value is -2.24. The molecular weight excluding hydrogens is 288 g/mol. The molecule has 1 N–H and O–H groups in total. The summed E-state index contributed by atoms with van der Waals surface area (Å²) in [6.07, 6.45) is 6.68. The highest BCUT2D eigenvalue weighted by atomic mass is 15.2. The molecule has 3 rings (SSSR count). The molecule has 1 fully saturated rings. The Labute approximate surface area is 137 Å². The lowest BCUT2D eigenvalue weighted by atomic mass is 10.1. The van der Waals surface area contributed by atoms with Crippen molar-refractivity contribution in [2.45, 2.75) is 46.1 Å². The van der Waals surface area contributed by atoms with Crippen LogP contribution in [0, 0.1) is 13.8 Å². The molecule has 0 amide bonds. The highest BCUT2D eigenvalue weighted by molar-refractivity contribution is 5.44. The van der Waals surface area contributed by atoms with Gasteiger partial charge in [0, 0.05) is 37.1 Å². The molecule has 1 saturated heterocycles. The van der Waals surface area contributed by atoms with E-state index in [1.54, 1.807) is 12.5 Å². The van der Waals surface area contributed by atoms with Crippen LogP contribution in [0.5, 0.6) is 0 Å². The van der Waals surface area contributed by atoms with Crippen molar-refractivity contribution in [1.29, 1.82) is 0 Å². The fourth-order valence-electron chi connectivity index (χ4n) is 2.92. The maximum Gasteiger partial charge on any atom is 0.148 e. The molecule has 122 valence electrons. The molecule has 1 atom stereocenters. The molecule has 6 nitrogen and oxygen atoms in total. The zero-order valence-electron chi connectivity index (χ0n) is 14.1. The monoisotopic (exact) mass is 312 g/mol. The van der Waals surface area contributed by atoms with Crippen LogP contribution in [0.25, 0.3) is 0 Å². The van der Waals surface area contributed by atoms with E-state index in [-0.39, 0.29) is 0 Å². The lowest BCUT2D eigenvalue weighted by Crippen LogP contribution is -2.42. The normalized spacial score (nSPS) is 18.0. The van der Waals surface area contributed by atoms with Crippen molar-refractivity contribution in [3.63, 3.8) is 0 Å². The zero-order valence-corrected chi connectivity index (χ0v) is 14.1. The molecule has 23 heavy (non-hydrogen) atoms. The third kappa shape index (κ3) is 3.75. The van der Waals surface area contributed by atoms with Crippen molar-refractivity contribution < 1.29 is 0 Å². The van der Waals surface area contributed by atoms with E-state index in [1.807, 2.05) is 13.8 Å². The molecule has 1 aliphatic rings. The Kier molecular flexibility index (Phi) is 4.69. The van der Waals surface area contributed by atoms with Gasteiger partial charge in [0.15, 0.2) is 0 Å². The quantitative estimate of drug-likeness (QED) is 0.936. The standard InChI is InChI=1S/C17H24N6/c1-4-14-8-16(20-11-19-14)23-7-5-6-15(10-23)22-17-13(3)18-9-12(2)21-17/h8-9,11,15H,4-7,10H2,1-3H3,(H,21,22). The number of rotatable bonds is 4. The Morgan fingerprint density at radius 1 is 1.26 bits per heavy atom. The van der Waals surface area contributed by atoms with Crippen molar-refractivity contribution in [2.75, 3.05) is 23.3 Å². The molecule has 0 aliphatic carbocycles. The van der Waals surface area contributed by atoms with Crippen molar-refractivity contribution in [3.8, 4) is 0 Å². The van der Waals surface area contributed by atoms with Gasteiger partial charge in [-0.25, -0.2) is 15.0 Å². The third-order valence-electron chi connectivity index (χ3n) is 4.23. The summed E-state index contributed by atoms with van der Waals surface area (Å²) in [6.45, 7) is 8.04. The van der Waals surface area contributed by atoms with E-state index in [4.69, 9.17) is 0 Å². The van der Waals surface area contributed by atoms with E-state index >= 15 is 0 Å². The van der Waals surface area contributed by atoms with Gasteiger partial charge in [-0.2, -0.15) is 0 Å². The minimum absolute atomic E-state index is 0.360. The van der Waals surface area contributed by atoms with Gasteiger partial charge in [0.2, 0.25) is 0 Å². The first-order chi connectivity index (χ1) is 11.2. The van der Waals surface area contributed by atoms with Crippen LogP contribution in [0.1, 0.15) is 36.8 Å². The summed E-state index contributed by atoms with van der Waals surface area (Å²) >= 11 is 0. The van der Waals surface area contributed by atoms with Crippen molar-refractivity contribution >= 4 is 11.6 Å². The number of nitrogens with zero attached hydrogens (tertiary/aromatic N) is 5. The molecule has 0 saturated carbocycles. The van der Waals surface area contributed by atoms with Crippen LogP contribution in [0.15, 0.2) is 18.6 Å². The average molecular weight is 312 g/mol. The van der Waals surface area contributed by atoms with Gasteiger partial charge in [-0.15, -0.1) is 0 Å². The number of piperidine rings is 1. The van der Waals surface area contributed by atoms with Gasteiger partial charge < -0.3 is 10.2 Å². The Balaban J connectivity index is 1.71. The predicted molar refractivity (Wildman–Crippen MR) is 91.8 cm³/mol. The Morgan fingerprint density at radius 2 is 2.13 bits per heavy atom. The molecule has 2 aromatic heterocycles. The molecule has 0 radical (unpaired) electrons. The topological polar surface area (TPSA) is 66.8 Å². The van der Waals surface area contributed by atoms with E-state index in [0.717, 1.165) is 61.1 Å². The first kappa shape index (κ1) is 15.6. The van der Waals surface area contributed by atoms with Gasteiger partial charge in [0.1, 0.15) is 18.0 Å². The summed E-state index contributed by atoms with van der Waals surface area (Å²) in [6, 6.07) is 2.46. The first-order valence-electron chi connectivity index (χ1n) is 8.28. The second kappa shape index (κ2) is 6.89. The highest BCUT2D eigenvalue weighted by Crippen LogP contribution is 2.21. The van der Waals surface area contributed by atoms with Crippen molar-refractivity contribution in [3.05, 3.63) is 35.7 Å². The summed E-state index contributed by atoms with van der Waals surface area (Å²) in [4.78, 5) is 20.0. The Morgan fingerprint density at radius 3 is 2.96 bits per heavy atom. The molecule has 6 heteroatoms. The van der Waals surface area contributed by atoms with Crippen LogP contribution in [-0.2, 0) is 6.42 Å². The second-order valence-corrected chi connectivity index (χ2v) is 6.10. The molecule has 1 unspecified atom stereocenters. The number of hydrogen-bond acceptors (Lipinski definition) is 6. The van der Waals surface area contributed by atoms with Crippen molar-refractivity contribution in [1.82, 2.24) is 19.9 Å². The molecule has 0 aromatic carbocycles. The molecule has 2 aromatic rings. The maximum absolute atomic E-state index is 4.57. The number of nitrogens with one attached hydrogen (secondary N) is 1. The molecular formula is C17H24N6. The van der Waals surface area contributed by atoms with E-state index < -0.39 is 0 Å². The van der Waals surface area contributed by atoms with Crippen LogP contribution < -0.4 is 10.2 Å². The van der Waals surface area contributed by atoms with E-state index in [1.165, 1.54) is 0 Å². The summed E-state index contributed by atoms with van der Waals surface area (Å²) in [5.74, 6) is 1.92. The van der Waals surface area contributed by atoms with E-state index in [0.29, 0.717) is 6.04 Å². The fraction of sp³-hybridized carbons (Fsp3) is 0.529. The van der Waals surface area contributed by atoms with Crippen LogP contribution in [0.4, 0.5) is 11.6 Å². The minimum Gasteiger partial charge on any atom is -0.364 e. The first-order valence-corrected chi connectivity index (χ1v) is 8.28. The van der Waals surface area contributed by atoms with Crippen LogP contribution >= 0.6 is 0 Å². The molecule has 1 aliphatic heterocycles. The molecule has 0 spiro atoms. The maximum atomic E-state index is 4.57. The lowest BCUT2D eigenvalue weighted by Gasteiger charge is -2.34. The fourth-order valence-corrected chi connectivity index (χ4v) is 2.92. The van der Waals surface area contributed by atoms with Crippen molar-refractivity contribution in [2.24, 2.45) is 0 Å². The van der Waals surface area contributed by atoms with Gasteiger partial charge in [0.05, 0.1) is 11.4 Å². The lowest BCUT2D eigenvalue weighted by molar-refractivity contribution is 0.524. The predicted octanol–water partition coefficient (Wildman–Crippen LogP) is 2.53. The van der Waals surface area contributed by atoms with E-state index in [9.17, 15) is 0 Å². The van der Waals surface area contributed by atoms with Gasteiger partial charge >= 0.3 is 0 Å². The van der Waals surface area contributed by atoms with Gasteiger partial charge in [-0.1, -0.05) is 6.92 Å².